The van der Waals surface area contributed by atoms with Crippen LogP contribution in [0.4, 0.5) is 12.9 Å². The summed E-state index contributed by atoms with van der Waals surface area (Å²) in [6.07, 6.45) is 1.15. The molecule has 7 heteroatoms. The predicted octanol–water partition coefficient (Wildman–Crippen LogP) is -1.80. The number of aromatic nitrogens is 1. The van der Waals surface area contributed by atoms with Gasteiger partial charge in [-0.05, 0) is 4.78 Å². The molecular weight excluding hydrogens is 189 g/mol. The molecule has 0 bridgehead atoms. The van der Waals surface area contributed by atoms with Crippen molar-refractivity contribution in [1.29, 1.82) is 0 Å². The van der Waals surface area contributed by atoms with E-state index < -0.39 is 11.8 Å². The van der Waals surface area contributed by atoms with Crippen molar-refractivity contribution >= 4 is 23.3 Å². The van der Waals surface area contributed by atoms with Gasteiger partial charge in [0.2, 0.25) is 0 Å². The Kier molecular flexibility index (Phi) is 4.70. The molecule has 1 nitrogen and oxygen atoms in total. The van der Waals surface area contributed by atoms with E-state index in [-0.39, 0.29) is 51.4 Å². The molecule has 0 radical (unpaired) electrons. The van der Waals surface area contributed by atoms with Crippen molar-refractivity contribution in [3.8, 4) is 0 Å². The third-order valence-electron chi connectivity index (χ3n) is 0.780. The van der Waals surface area contributed by atoms with Gasteiger partial charge in [-0.15, -0.1) is 0 Å². The van der Waals surface area contributed by atoms with Crippen molar-refractivity contribution < 1.29 is 64.3 Å². The maximum Gasteiger partial charge on any atom is 1.00 e. The van der Waals surface area contributed by atoms with E-state index in [9.17, 15) is 12.9 Å². The Morgan fingerprint density at radius 3 is 2.20 bits per heavy atom. The van der Waals surface area contributed by atoms with E-state index >= 15 is 0 Å². The average molecular weight is 191 g/mol. The Morgan fingerprint density at radius 2 is 2.00 bits per heavy atom. The summed E-state index contributed by atoms with van der Waals surface area (Å²) in [5.41, 5.74) is 0. The molecule has 1 aromatic rings. The first-order chi connectivity index (χ1) is 4.11. The summed E-state index contributed by atoms with van der Waals surface area (Å²) in [6.45, 7) is -4.81. The van der Waals surface area contributed by atoms with Gasteiger partial charge < -0.3 is 12.9 Å². The van der Waals surface area contributed by atoms with Gasteiger partial charge in [-0.3, -0.25) is 0 Å². The molecule has 0 atom stereocenters. The van der Waals surface area contributed by atoms with Gasteiger partial charge in [-0.2, -0.15) is 0 Å². The average Bonchev–Trinajstić information content (AvgIpc) is 2.08. The van der Waals surface area contributed by atoms with Gasteiger partial charge in [-0.1, -0.05) is 17.6 Å². The third kappa shape index (κ3) is 3.02. The molecule has 0 unspecified atom stereocenters. The Hall–Kier alpha value is 1.12. The molecule has 10 heavy (non-hydrogen) atoms. The molecule has 0 spiro atoms. The Bertz CT molecular complexity index is 186. The van der Waals surface area contributed by atoms with Gasteiger partial charge in [0, 0.05) is 6.20 Å². The molecule has 0 fully saturated rings. The van der Waals surface area contributed by atoms with Gasteiger partial charge in [0.1, 0.15) is 0 Å². The van der Waals surface area contributed by atoms with Crippen molar-refractivity contribution in [2.24, 2.45) is 0 Å². The second-order valence-electron chi connectivity index (χ2n) is 1.49. The molecule has 0 aliphatic carbocycles. The van der Waals surface area contributed by atoms with E-state index in [2.05, 4.69) is 4.37 Å². The maximum absolute atomic E-state index is 11.7. The largest absolute Gasteiger partial charge is 1.00 e. The van der Waals surface area contributed by atoms with Crippen molar-refractivity contribution in [3.05, 3.63) is 12.3 Å². The summed E-state index contributed by atoms with van der Waals surface area (Å²) >= 11 is 0.483. The SMILES string of the molecule is F[B-](F)(F)c1ccns1.[K+]. The van der Waals surface area contributed by atoms with Crippen LogP contribution in [0.5, 0.6) is 0 Å². The fourth-order valence-electron chi connectivity index (χ4n) is 0.394. The first-order valence-corrected chi connectivity index (χ1v) is 2.98. The van der Waals surface area contributed by atoms with Gasteiger partial charge >= 0.3 is 58.4 Å². The van der Waals surface area contributed by atoms with Crippen molar-refractivity contribution in [2.45, 2.75) is 0 Å². The summed E-state index contributed by atoms with van der Waals surface area (Å²) in [4.78, 5) is 0. The first kappa shape index (κ1) is 11.1. The molecule has 0 aliphatic heterocycles. The molecule has 1 heterocycles. The normalized spacial score (nSPS) is 10.7. The topological polar surface area (TPSA) is 12.9 Å². The van der Waals surface area contributed by atoms with Crippen LogP contribution in [0.15, 0.2) is 12.3 Å². The molecule has 0 aliphatic rings. The summed E-state index contributed by atoms with van der Waals surface area (Å²) < 4.78 is 37.7. The number of halogens is 3. The fraction of sp³-hybridized carbons (Fsp3) is 0. The summed E-state index contributed by atoms with van der Waals surface area (Å²) in [5, 5.41) is 0. The predicted molar refractivity (Wildman–Crippen MR) is 30.8 cm³/mol. The van der Waals surface area contributed by atoms with Crippen molar-refractivity contribution in [2.75, 3.05) is 0 Å². The van der Waals surface area contributed by atoms with Crippen LogP contribution in [0.2, 0.25) is 0 Å². The van der Waals surface area contributed by atoms with Gasteiger partial charge in [-0.25, -0.2) is 4.37 Å². The van der Waals surface area contributed by atoms with Crippen molar-refractivity contribution in [3.63, 3.8) is 0 Å². The monoisotopic (exact) mass is 191 g/mol. The Balaban J connectivity index is 0.000000810. The molecule has 0 amide bonds. The molecule has 0 N–H and O–H groups in total. The van der Waals surface area contributed by atoms with Crippen LogP contribution in [0, 0.1) is 0 Å². The molecular formula is C3H2BF3KNS. The van der Waals surface area contributed by atoms with Crippen LogP contribution in [0.25, 0.3) is 0 Å². The van der Waals surface area contributed by atoms with Crippen LogP contribution in [-0.2, 0) is 0 Å². The van der Waals surface area contributed by atoms with Crippen LogP contribution < -0.4 is 56.2 Å². The molecule has 0 aromatic carbocycles. The van der Waals surface area contributed by atoms with Gasteiger partial charge in [0.25, 0.3) is 0 Å². The standard InChI is InChI=1S/C3H2BF3NS.K/c5-4(6,7)3-1-2-8-9-3;/h1-2H;/q-1;+1. The number of hydrogen-bond acceptors (Lipinski definition) is 2. The van der Waals surface area contributed by atoms with Crippen LogP contribution in [-0.4, -0.2) is 11.4 Å². The van der Waals surface area contributed by atoms with Gasteiger partial charge in [0.05, 0.1) is 0 Å². The Labute approximate surface area is 103 Å². The van der Waals surface area contributed by atoms with Crippen LogP contribution >= 0.6 is 11.5 Å². The quantitative estimate of drug-likeness (QED) is 0.477. The molecule has 0 saturated heterocycles. The summed E-state index contributed by atoms with van der Waals surface area (Å²) in [6, 6.07) is 0.977. The van der Waals surface area contributed by atoms with Crippen molar-refractivity contribution in [1.82, 2.24) is 4.37 Å². The second-order valence-corrected chi connectivity index (χ2v) is 2.35. The van der Waals surface area contributed by atoms with E-state index in [0.717, 1.165) is 12.3 Å². The number of nitrogens with zero attached hydrogens (tertiary/aromatic N) is 1. The minimum Gasteiger partial charge on any atom is -0.444 e. The second kappa shape index (κ2) is 4.22. The number of hydrogen-bond donors (Lipinski definition) is 0. The van der Waals surface area contributed by atoms with Crippen LogP contribution in [0.3, 0.4) is 0 Å². The zero-order chi connectivity index (χ0) is 6.91. The maximum atomic E-state index is 11.7. The van der Waals surface area contributed by atoms with Gasteiger partial charge in [0.15, 0.2) is 0 Å². The number of rotatable bonds is 1. The minimum atomic E-state index is -4.81. The van der Waals surface area contributed by atoms with E-state index in [1.54, 1.807) is 0 Å². The molecule has 0 saturated carbocycles. The summed E-state index contributed by atoms with van der Waals surface area (Å²) in [5.74, 6) is 0. The molecule has 1 rings (SSSR count). The van der Waals surface area contributed by atoms with E-state index in [1.165, 1.54) is 0 Å². The third-order valence-corrected chi connectivity index (χ3v) is 1.62. The van der Waals surface area contributed by atoms with E-state index in [1.807, 2.05) is 0 Å². The summed E-state index contributed by atoms with van der Waals surface area (Å²) in [7, 11) is 0. The van der Waals surface area contributed by atoms with E-state index in [0.29, 0.717) is 11.5 Å². The minimum absolute atomic E-state index is 0. The van der Waals surface area contributed by atoms with Crippen LogP contribution in [0.1, 0.15) is 0 Å². The fourth-order valence-corrected chi connectivity index (χ4v) is 0.879. The zero-order valence-corrected chi connectivity index (χ0v) is 9.16. The Morgan fingerprint density at radius 1 is 1.40 bits per heavy atom. The molecule has 1 aromatic heterocycles. The smallest absolute Gasteiger partial charge is 0.444 e. The first-order valence-electron chi connectivity index (χ1n) is 2.21. The van der Waals surface area contributed by atoms with E-state index in [4.69, 9.17) is 0 Å². The zero-order valence-electron chi connectivity index (χ0n) is 5.22. The molecule has 50 valence electrons.